The summed E-state index contributed by atoms with van der Waals surface area (Å²) in [6, 6.07) is 6.66. The molecule has 2 rings (SSSR count). The minimum Gasteiger partial charge on any atom is -0.507 e. The molecule has 0 aliphatic heterocycles. The summed E-state index contributed by atoms with van der Waals surface area (Å²) < 4.78 is 77.7. The number of aromatic hydroxyl groups is 1. The van der Waals surface area contributed by atoms with Crippen LogP contribution in [0.2, 0.25) is 0 Å². The molecule has 0 bridgehead atoms. The van der Waals surface area contributed by atoms with Crippen molar-refractivity contribution in [1.82, 2.24) is 0 Å². The molecule has 0 saturated carbocycles. The number of phenols is 1. The largest absolute Gasteiger partial charge is 0.507 e. The molecular formula is C14H8F6O. The third kappa shape index (κ3) is 2.96. The molecule has 2 aromatic rings. The Morgan fingerprint density at radius 3 is 1.81 bits per heavy atom. The molecule has 1 nitrogen and oxygen atoms in total. The number of hydrogen-bond acceptors (Lipinski definition) is 1. The standard InChI is InChI=1S/C14H8F6O/c15-13(16,17)10-6-2-1-4-8(10)9-5-3-7-11(21)12(9)14(18,19)20/h1-7,21H. The Balaban J connectivity index is 2.79. The summed E-state index contributed by atoms with van der Waals surface area (Å²) in [6.45, 7) is 0. The highest BCUT2D eigenvalue weighted by Gasteiger charge is 2.39. The fraction of sp³-hybridized carbons (Fsp3) is 0.143. The van der Waals surface area contributed by atoms with Gasteiger partial charge in [0.05, 0.1) is 5.56 Å². The molecule has 0 fully saturated rings. The maximum atomic E-state index is 13.0. The number of halogens is 6. The van der Waals surface area contributed by atoms with Crippen molar-refractivity contribution in [3.05, 3.63) is 53.6 Å². The van der Waals surface area contributed by atoms with E-state index in [1.165, 1.54) is 6.07 Å². The number of rotatable bonds is 1. The fourth-order valence-electron chi connectivity index (χ4n) is 2.03. The van der Waals surface area contributed by atoms with Crippen LogP contribution in [-0.2, 0) is 12.4 Å². The average Bonchev–Trinajstić information content (AvgIpc) is 2.36. The Labute approximate surface area is 115 Å². The Morgan fingerprint density at radius 2 is 1.24 bits per heavy atom. The second-order valence-electron chi connectivity index (χ2n) is 4.24. The molecule has 21 heavy (non-hydrogen) atoms. The monoisotopic (exact) mass is 306 g/mol. The van der Waals surface area contributed by atoms with Crippen molar-refractivity contribution in [1.29, 1.82) is 0 Å². The molecule has 7 heteroatoms. The van der Waals surface area contributed by atoms with Crippen molar-refractivity contribution >= 4 is 0 Å². The molecule has 0 amide bonds. The topological polar surface area (TPSA) is 20.2 Å². The quantitative estimate of drug-likeness (QED) is 0.727. The molecule has 0 spiro atoms. The minimum atomic E-state index is -4.97. The zero-order valence-corrected chi connectivity index (χ0v) is 10.3. The lowest BCUT2D eigenvalue weighted by Crippen LogP contribution is -2.11. The predicted molar refractivity (Wildman–Crippen MR) is 63.5 cm³/mol. The van der Waals surface area contributed by atoms with Gasteiger partial charge in [0, 0.05) is 0 Å². The van der Waals surface area contributed by atoms with Gasteiger partial charge < -0.3 is 5.11 Å². The van der Waals surface area contributed by atoms with E-state index in [1.807, 2.05) is 0 Å². The van der Waals surface area contributed by atoms with Crippen molar-refractivity contribution in [2.45, 2.75) is 12.4 Å². The molecule has 2 aromatic carbocycles. The molecule has 0 unspecified atom stereocenters. The minimum absolute atomic E-state index is 0.631. The van der Waals surface area contributed by atoms with E-state index in [-0.39, 0.29) is 0 Å². The molecule has 112 valence electrons. The summed E-state index contributed by atoms with van der Waals surface area (Å²) in [5.41, 5.74) is -4.02. The summed E-state index contributed by atoms with van der Waals surface area (Å²) >= 11 is 0. The van der Waals surface area contributed by atoms with Gasteiger partial charge in [0.2, 0.25) is 0 Å². The molecule has 0 heterocycles. The van der Waals surface area contributed by atoms with E-state index in [1.54, 1.807) is 0 Å². The Morgan fingerprint density at radius 1 is 0.667 bits per heavy atom. The van der Waals surface area contributed by atoms with E-state index >= 15 is 0 Å². The number of hydrogen-bond donors (Lipinski definition) is 1. The van der Waals surface area contributed by atoms with Crippen LogP contribution in [0.3, 0.4) is 0 Å². The molecule has 0 aromatic heterocycles. The molecular weight excluding hydrogens is 298 g/mol. The van der Waals surface area contributed by atoms with Crippen LogP contribution in [0.25, 0.3) is 11.1 Å². The first-order valence-corrected chi connectivity index (χ1v) is 5.68. The molecule has 0 aliphatic rings. The van der Waals surface area contributed by atoms with E-state index in [0.717, 1.165) is 30.3 Å². The highest BCUT2D eigenvalue weighted by molar-refractivity contribution is 5.74. The molecule has 0 saturated heterocycles. The number of alkyl halides is 6. The van der Waals surface area contributed by atoms with Gasteiger partial charge in [-0.1, -0.05) is 30.3 Å². The second-order valence-corrected chi connectivity index (χ2v) is 4.24. The van der Waals surface area contributed by atoms with E-state index in [9.17, 15) is 31.4 Å². The van der Waals surface area contributed by atoms with Gasteiger partial charge in [-0.05, 0) is 23.3 Å². The van der Waals surface area contributed by atoms with Crippen LogP contribution in [0.15, 0.2) is 42.5 Å². The third-order valence-corrected chi connectivity index (χ3v) is 2.85. The normalized spacial score (nSPS) is 12.5. The maximum absolute atomic E-state index is 13.0. The van der Waals surface area contributed by atoms with Crippen molar-refractivity contribution in [3.63, 3.8) is 0 Å². The summed E-state index contributed by atoms with van der Waals surface area (Å²) in [6.07, 6.45) is -9.77. The predicted octanol–water partition coefficient (Wildman–Crippen LogP) is 5.10. The van der Waals surface area contributed by atoms with Crippen molar-refractivity contribution in [3.8, 4) is 16.9 Å². The Bertz CT molecular complexity index is 657. The summed E-state index contributed by atoms with van der Waals surface area (Å²) in [5.74, 6) is -1.11. The molecule has 0 radical (unpaired) electrons. The lowest BCUT2D eigenvalue weighted by molar-refractivity contribution is -0.140. The van der Waals surface area contributed by atoms with Gasteiger partial charge in [-0.2, -0.15) is 26.3 Å². The average molecular weight is 306 g/mol. The van der Waals surface area contributed by atoms with Crippen LogP contribution in [-0.4, -0.2) is 5.11 Å². The van der Waals surface area contributed by atoms with Crippen molar-refractivity contribution in [2.75, 3.05) is 0 Å². The van der Waals surface area contributed by atoms with Crippen LogP contribution in [0.4, 0.5) is 26.3 Å². The van der Waals surface area contributed by atoms with Crippen LogP contribution in [0, 0.1) is 0 Å². The second kappa shape index (κ2) is 4.98. The van der Waals surface area contributed by atoms with Crippen LogP contribution in [0.5, 0.6) is 5.75 Å². The van der Waals surface area contributed by atoms with E-state index in [4.69, 9.17) is 0 Å². The van der Waals surface area contributed by atoms with Crippen LogP contribution < -0.4 is 0 Å². The SMILES string of the molecule is Oc1cccc(-c2ccccc2C(F)(F)F)c1C(F)(F)F. The number of phenolic OH excluding ortho intramolecular Hbond substituents is 1. The van der Waals surface area contributed by atoms with E-state index in [2.05, 4.69) is 0 Å². The van der Waals surface area contributed by atoms with Gasteiger partial charge in [0.25, 0.3) is 0 Å². The zero-order valence-electron chi connectivity index (χ0n) is 10.3. The van der Waals surface area contributed by atoms with E-state index in [0.29, 0.717) is 6.07 Å². The maximum Gasteiger partial charge on any atom is 0.420 e. The van der Waals surface area contributed by atoms with Gasteiger partial charge in [-0.3, -0.25) is 0 Å². The van der Waals surface area contributed by atoms with Crippen molar-refractivity contribution < 1.29 is 31.4 Å². The van der Waals surface area contributed by atoms with Crippen LogP contribution >= 0.6 is 0 Å². The lowest BCUT2D eigenvalue weighted by Gasteiger charge is -2.18. The van der Waals surface area contributed by atoms with E-state index < -0.39 is 40.4 Å². The van der Waals surface area contributed by atoms with Gasteiger partial charge in [0.1, 0.15) is 11.3 Å². The first-order chi connectivity index (χ1) is 9.62. The molecule has 0 aliphatic carbocycles. The highest BCUT2D eigenvalue weighted by atomic mass is 19.4. The van der Waals surface area contributed by atoms with Gasteiger partial charge in [-0.25, -0.2) is 0 Å². The molecule has 0 atom stereocenters. The third-order valence-electron chi connectivity index (χ3n) is 2.85. The fourth-order valence-corrected chi connectivity index (χ4v) is 2.03. The van der Waals surface area contributed by atoms with Crippen LogP contribution in [0.1, 0.15) is 11.1 Å². The first kappa shape index (κ1) is 15.2. The Kier molecular flexibility index (Phi) is 3.61. The first-order valence-electron chi connectivity index (χ1n) is 5.68. The summed E-state index contributed by atoms with van der Waals surface area (Å²) in [4.78, 5) is 0. The van der Waals surface area contributed by atoms with Gasteiger partial charge in [0.15, 0.2) is 0 Å². The highest BCUT2D eigenvalue weighted by Crippen LogP contribution is 2.45. The summed E-state index contributed by atoms with van der Waals surface area (Å²) in [5, 5.41) is 9.38. The lowest BCUT2D eigenvalue weighted by atomic mass is 9.94. The number of benzene rings is 2. The van der Waals surface area contributed by atoms with Gasteiger partial charge in [-0.15, -0.1) is 0 Å². The zero-order chi connectivity index (χ0) is 15.8. The smallest absolute Gasteiger partial charge is 0.420 e. The molecule has 1 N–H and O–H groups in total. The van der Waals surface area contributed by atoms with Gasteiger partial charge >= 0.3 is 12.4 Å². The summed E-state index contributed by atoms with van der Waals surface area (Å²) in [7, 11) is 0. The van der Waals surface area contributed by atoms with Crippen molar-refractivity contribution in [2.24, 2.45) is 0 Å². The Hall–Kier alpha value is -2.18.